The smallest absolute Gasteiger partial charge is 0.148 e. The number of nitrogens with two attached hydrogens (primary N) is 1. The van der Waals surface area contributed by atoms with Gasteiger partial charge in [0, 0.05) is 0 Å². The van der Waals surface area contributed by atoms with Crippen molar-refractivity contribution in [3.05, 3.63) is 23.5 Å². The summed E-state index contributed by atoms with van der Waals surface area (Å²) in [6.45, 7) is 2.05. The Labute approximate surface area is 99.6 Å². The average Bonchev–Trinajstić information content (AvgIpc) is 2.20. The maximum Gasteiger partial charge on any atom is 0.148 e. The predicted octanol–water partition coefficient (Wildman–Crippen LogP) is 2.57. The van der Waals surface area contributed by atoms with Crippen molar-refractivity contribution in [2.45, 2.75) is 25.9 Å². The van der Waals surface area contributed by atoms with Crippen LogP contribution in [-0.4, -0.2) is 16.1 Å². The van der Waals surface area contributed by atoms with Crippen molar-refractivity contribution in [2.24, 2.45) is 5.73 Å². The van der Waals surface area contributed by atoms with E-state index >= 15 is 0 Å². The van der Waals surface area contributed by atoms with E-state index in [9.17, 15) is 0 Å². The Morgan fingerprint density at radius 1 is 1.67 bits per heavy atom. The summed E-state index contributed by atoms with van der Waals surface area (Å²) in [5.41, 5.74) is 5.56. The third-order valence-corrected chi connectivity index (χ3v) is 2.33. The highest BCUT2D eigenvalue weighted by Crippen LogP contribution is 2.15. The topological polar surface area (TPSA) is 48.1 Å². The second kappa shape index (κ2) is 5.88. The van der Waals surface area contributed by atoms with E-state index in [1.807, 2.05) is 0 Å². The van der Waals surface area contributed by atoms with Crippen LogP contribution in [0.1, 0.15) is 19.8 Å². The molecule has 0 radical (unpaired) electrons. The molecule has 5 heteroatoms. The van der Waals surface area contributed by atoms with E-state index in [0.717, 1.165) is 12.8 Å². The van der Waals surface area contributed by atoms with E-state index in [1.54, 1.807) is 18.3 Å². The van der Waals surface area contributed by atoms with Gasteiger partial charge in [-0.05, 0) is 18.6 Å². The van der Waals surface area contributed by atoms with E-state index in [-0.39, 0.29) is 6.10 Å². The fourth-order valence-electron chi connectivity index (χ4n) is 1.12. The third-order valence-electron chi connectivity index (χ3n) is 1.85. The molecular formula is C10H13ClN2OS. The second-order valence-corrected chi connectivity index (χ2v) is 3.97. The molecule has 0 aliphatic carbocycles. The van der Waals surface area contributed by atoms with Gasteiger partial charge in [-0.15, -0.1) is 0 Å². The number of hydrogen-bond donors (Lipinski definition) is 1. The van der Waals surface area contributed by atoms with E-state index in [4.69, 9.17) is 34.3 Å². The van der Waals surface area contributed by atoms with Crippen molar-refractivity contribution in [3.63, 3.8) is 0 Å². The van der Waals surface area contributed by atoms with Gasteiger partial charge < -0.3 is 10.5 Å². The first-order chi connectivity index (χ1) is 7.13. The molecule has 0 bridgehead atoms. The summed E-state index contributed by atoms with van der Waals surface area (Å²) >= 11 is 10.6. The van der Waals surface area contributed by atoms with Gasteiger partial charge >= 0.3 is 0 Å². The minimum absolute atomic E-state index is 0.229. The molecule has 1 heterocycles. The predicted molar refractivity (Wildman–Crippen MR) is 65.4 cm³/mol. The van der Waals surface area contributed by atoms with Crippen molar-refractivity contribution in [3.8, 4) is 5.75 Å². The molecule has 0 saturated carbocycles. The van der Waals surface area contributed by atoms with Crippen molar-refractivity contribution in [2.75, 3.05) is 0 Å². The van der Waals surface area contributed by atoms with Gasteiger partial charge in [-0.25, -0.2) is 4.98 Å². The maximum absolute atomic E-state index is 5.65. The summed E-state index contributed by atoms with van der Waals surface area (Å²) in [6, 6.07) is 3.41. The van der Waals surface area contributed by atoms with Gasteiger partial charge in [0.2, 0.25) is 0 Å². The molecule has 1 aromatic heterocycles. The number of rotatable bonds is 5. The van der Waals surface area contributed by atoms with Crippen molar-refractivity contribution >= 4 is 28.8 Å². The van der Waals surface area contributed by atoms with Crippen LogP contribution in [0.3, 0.4) is 0 Å². The molecule has 0 saturated heterocycles. The molecule has 0 amide bonds. The van der Waals surface area contributed by atoms with Gasteiger partial charge in [-0.1, -0.05) is 37.2 Å². The third kappa shape index (κ3) is 4.01. The summed E-state index contributed by atoms with van der Waals surface area (Å²) < 4.78 is 5.58. The van der Waals surface area contributed by atoms with Gasteiger partial charge in [0.25, 0.3) is 0 Å². The van der Waals surface area contributed by atoms with Crippen molar-refractivity contribution in [1.82, 2.24) is 4.98 Å². The number of pyridine rings is 1. The second-order valence-electron chi connectivity index (χ2n) is 3.11. The standard InChI is InChI=1S/C10H13ClN2OS/c1-2-3-8(10(12)15)14-7-4-5-9(11)13-6-7/h4-6,8H,2-3H2,1H3,(H2,12,15). The van der Waals surface area contributed by atoms with Crippen molar-refractivity contribution < 1.29 is 4.74 Å². The number of aromatic nitrogens is 1. The fraction of sp³-hybridized carbons (Fsp3) is 0.400. The molecule has 1 aromatic rings. The normalized spacial score (nSPS) is 12.1. The zero-order valence-corrected chi connectivity index (χ0v) is 10.0. The molecular weight excluding hydrogens is 232 g/mol. The molecule has 0 aliphatic heterocycles. The van der Waals surface area contributed by atoms with Gasteiger partial charge in [-0.3, -0.25) is 0 Å². The number of ether oxygens (including phenoxy) is 1. The lowest BCUT2D eigenvalue weighted by molar-refractivity contribution is 0.255. The van der Waals surface area contributed by atoms with Gasteiger partial charge in [-0.2, -0.15) is 0 Å². The minimum atomic E-state index is -0.229. The van der Waals surface area contributed by atoms with Crippen LogP contribution in [0, 0.1) is 0 Å². The SMILES string of the molecule is CCCC(Oc1ccc(Cl)nc1)C(N)=S. The monoisotopic (exact) mass is 244 g/mol. The Morgan fingerprint density at radius 3 is 2.87 bits per heavy atom. The quantitative estimate of drug-likeness (QED) is 0.639. The zero-order chi connectivity index (χ0) is 11.3. The van der Waals surface area contributed by atoms with Crippen LogP contribution in [0.5, 0.6) is 5.75 Å². The molecule has 1 unspecified atom stereocenters. The Morgan fingerprint density at radius 2 is 2.40 bits per heavy atom. The van der Waals surface area contributed by atoms with Crippen LogP contribution in [0.4, 0.5) is 0 Å². The molecule has 0 fully saturated rings. The number of hydrogen-bond acceptors (Lipinski definition) is 3. The van der Waals surface area contributed by atoms with E-state index in [1.165, 1.54) is 0 Å². The Kier molecular flexibility index (Phi) is 4.78. The molecule has 1 atom stereocenters. The molecule has 0 aliphatic rings. The van der Waals surface area contributed by atoms with Crippen LogP contribution >= 0.6 is 23.8 Å². The van der Waals surface area contributed by atoms with Gasteiger partial charge in [0.15, 0.2) is 0 Å². The minimum Gasteiger partial charge on any atom is -0.482 e. The van der Waals surface area contributed by atoms with Crippen LogP contribution in [0.25, 0.3) is 0 Å². The highest BCUT2D eigenvalue weighted by molar-refractivity contribution is 7.80. The maximum atomic E-state index is 5.65. The van der Waals surface area contributed by atoms with E-state index in [0.29, 0.717) is 15.9 Å². The van der Waals surface area contributed by atoms with Crippen molar-refractivity contribution in [1.29, 1.82) is 0 Å². The van der Waals surface area contributed by atoms with E-state index < -0.39 is 0 Å². The van der Waals surface area contributed by atoms with Crippen LogP contribution in [0.15, 0.2) is 18.3 Å². The molecule has 0 spiro atoms. The molecule has 15 heavy (non-hydrogen) atoms. The summed E-state index contributed by atoms with van der Waals surface area (Å²) in [6.07, 6.45) is 3.09. The summed E-state index contributed by atoms with van der Waals surface area (Å²) in [5, 5.41) is 0.435. The van der Waals surface area contributed by atoms with Crippen LogP contribution < -0.4 is 10.5 Å². The summed E-state index contributed by atoms with van der Waals surface area (Å²) in [5.74, 6) is 0.630. The largest absolute Gasteiger partial charge is 0.482 e. The molecule has 0 aromatic carbocycles. The Bertz CT molecular complexity index is 329. The number of thiocarbonyl (C=S) groups is 1. The lowest BCUT2D eigenvalue weighted by Crippen LogP contribution is -2.31. The van der Waals surface area contributed by atoms with Gasteiger partial charge in [0.05, 0.1) is 6.20 Å². The molecule has 82 valence electrons. The fourth-order valence-corrected chi connectivity index (χ4v) is 1.40. The first kappa shape index (κ1) is 12.2. The lowest BCUT2D eigenvalue weighted by Gasteiger charge is -2.16. The lowest BCUT2D eigenvalue weighted by atomic mass is 10.2. The highest BCUT2D eigenvalue weighted by Gasteiger charge is 2.12. The first-order valence-corrected chi connectivity index (χ1v) is 5.49. The highest BCUT2D eigenvalue weighted by atomic mass is 35.5. The first-order valence-electron chi connectivity index (χ1n) is 4.71. The summed E-state index contributed by atoms with van der Waals surface area (Å²) in [7, 11) is 0. The number of nitrogens with zero attached hydrogens (tertiary/aromatic N) is 1. The van der Waals surface area contributed by atoms with E-state index in [2.05, 4.69) is 11.9 Å². The molecule has 1 rings (SSSR count). The molecule has 3 nitrogen and oxygen atoms in total. The zero-order valence-electron chi connectivity index (χ0n) is 8.44. The van der Waals surface area contributed by atoms with Crippen LogP contribution in [0.2, 0.25) is 5.15 Å². The Balaban J connectivity index is 2.65. The number of halogens is 1. The van der Waals surface area contributed by atoms with Gasteiger partial charge in [0.1, 0.15) is 22.0 Å². The van der Waals surface area contributed by atoms with Crippen LogP contribution in [-0.2, 0) is 0 Å². The average molecular weight is 245 g/mol. The summed E-state index contributed by atoms with van der Waals surface area (Å²) in [4.78, 5) is 4.28. The molecule has 2 N–H and O–H groups in total. The Hall–Kier alpha value is -0.870.